The molecule has 5 rings (SSSR count). The van der Waals surface area contributed by atoms with Gasteiger partial charge < -0.3 is 20.5 Å². The van der Waals surface area contributed by atoms with E-state index in [9.17, 15) is 13.6 Å². The highest BCUT2D eigenvalue weighted by atomic mass is 19.3. The van der Waals surface area contributed by atoms with E-state index in [1.807, 2.05) is 26.1 Å². The minimum absolute atomic E-state index is 0.186. The van der Waals surface area contributed by atoms with Crippen molar-refractivity contribution in [3.8, 4) is 0 Å². The third kappa shape index (κ3) is 6.17. The molecule has 3 aliphatic rings. The van der Waals surface area contributed by atoms with Crippen molar-refractivity contribution < 1.29 is 13.6 Å². The molecule has 10 heteroatoms. The van der Waals surface area contributed by atoms with Crippen LogP contribution in [0.15, 0.2) is 24.3 Å². The number of nitrogens with one attached hydrogen (secondary N) is 2. The Labute approximate surface area is 223 Å². The van der Waals surface area contributed by atoms with Crippen molar-refractivity contribution in [1.82, 2.24) is 15.0 Å². The number of carbonyl (C=O) groups is 1. The molecule has 1 spiro atoms. The summed E-state index contributed by atoms with van der Waals surface area (Å²) >= 11 is 0. The van der Waals surface area contributed by atoms with Gasteiger partial charge in [-0.1, -0.05) is 6.92 Å². The number of anilines is 4. The number of hydrogen-bond donors (Lipinski definition) is 2. The average Bonchev–Trinajstić information content (AvgIpc) is 3.62. The first-order chi connectivity index (χ1) is 18.2. The molecule has 1 saturated carbocycles. The van der Waals surface area contributed by atoms with Crippen LogP contribution in [0.1, 0.15) is 67.9 Å². The lowest BCUT2D eigenvalue weighted by molar-refractivity contribution is -0.0222. The average molecular weight is 528 g/mol. The van der Waals surface area contributed by atoms with Crippen LogP contribution in [-0.4, -0.2) is 66.6 Å². The summed E-state index contributed by atoms with van der Waals surface area (Å²) < 4.78 is 27.3. The predicted octanol–water partition coefficient (Wildman–Crippen LogP) is 5.32. The van der Waals surface area contributed by atoms with Gasteiger partial charge in [-0.25, -0.2) is 18.8 Å². The van der Waals surface area contributed by atoms with Crippen molar-refractivity contribution >= 4 is 29.0 Å². The lowest BCUT2D eigenvalue weighted by Gasteiger charge is -2.35. The van der Waals surface area contributed by atoms with E-state index in [1.54, 1.807) is 11.0 Å². The molecule has 2 saturated heterocycles. The lowest BCUT2D eigenvalue weighted by atomic mass is 9.93. The van der Waals surface area contributed by atoms with Crippen LogP contribution >= 0.6 is 0 Å². The number of aromatic nitrogens is 2. The maximum Gasteiger partial charge on any atom is 0.258 e. The molecule has 38 heavy (non-hydrogen) atoms. The van der Waals surface area contributed by atoms with Gasteiger partial charge in [0.25, 0.3) is 11.8 Å². The lowest BCUT2D eigenvalue weighted by Crippen LogP contribution is -2.40. The zero-order chi connectivity index (χ0) is 26.9. The smallest absolute Gasteiger partial charge is 0.258 e. The maximum atomic E-state index is 13.7. The van der Waals surface area contributed by atoms with E-state index in [0.717, 1.165) is 50.3 Å². The maximum absolute atomic E-state index is 13.7. The molecular weight excluding hydrogens is 488 g/mol. The van der Waals surface area contributed by atoms with Gasteiger partial charge in [0.2, 0.25) is 5.95 Å². The van der Waals surface area contributed by atoms with Gasteiger partial charge in [-0.15, -0.1) is 0 Å². The second-order valence-corrected chi connectivity index (χ2v) is 11.2. The number of piperidine rings is 2. The summed E-state index contributed by atoms with van der Waals surface area (Å²) in [6, 6.07) is 7.58. The molecule has 1 aliphatic carbocycles. The van der Waals surface area contributed by atoms with E-state index in [1.165, 1.54) is 12.8 Å². The first-order valence-electron chi connectivity index (χ1n) is 13.8. The van der Waals surface area contributed by atoms with Gasteiger partial charge >= 0.3 is 0 Å². The zero-order valence-electron chi connectivity index (χ0n) is 22.7. The van der Waals surface area contributed by atoms with Gasteiger partial charge in [0.15, 0.2) is 0 Å². The molecule has 0 atom stereocenters. The number of aryl methyl sites for hydroxylation is 1. The number of hydrazine groups is 1. The van der Waals surface area contributed by atoms with Crippen LogP contribution in [0.3, 0.4) is 0 Å². The van der Waals surface area contributed by atoms with Crippen molar-refractivity contribution in [3.05, 3.63) is 35.5 Å². The Kier molecular flexibility index (Phi) is 7.44. The van der Waals surface area contributed by atoms with Crippen LogP contribution in [0.4, 0.5) is 31.9 Å². The Morgan fingerprint density at radius 2 is 1.68 bits per heavy atom. The molecule has 3 fully saturated rings. The van der Waals surface area contributed by atoms with Crippen LogP contribution in [0, 0.1) is 12.3 Å². The quantitative estimate of drug-likeness (QED) is 0.450. The molecule has 2 N–H and O–H groups in total. The largest absolute Gasteiger partial charge is 0.371 e. The highest BCUT2D eigenvalue weighted by molar-refractivity contribution is 6.08. The van der Waals surface area contributed by atoms with Crippen LogP contribution in [0.5, 0.6) is 0 Å². The molecule has 0 radical (unpaired) electrons. The van der Waals surface area contributed by atoms with Gasteiger partial charge in [-0.05, 0) is 62.6 Å². The fraction of sp³-hybridized carbons (Fsp3) is 0.607. The Bertz CT molecular complexity index is 1150. The minimum atomic E-state index is -2.65. The summed E-state index contributed by atoms with van der Waals surface area (Å²) in [5.74, 6) is -2.13. The summed E-state index contributed by atoms with van der Waals surface area (Å²) in [6.45, 7) is 7.11. The number of benzene rings is 1. The molecule has 1 aromatic heterocycles. The molecule has 206 valence electrons. The first kappa shape index (κ1) is 26.6. The van der Waals surface area contributed by atoms with Crippen LogP contribution in [-0.2, 0) is 0 Å². The summed E-state index contributed by atoms with van der Waals surface area (Å²) in [7, 11) is 2.01. The van der Waals surface area contributed by atoms with Crippen molar-refractivity contribution in [1.29, 1.82) is 0 Å². The zero-order valence-corrected chi connectivity index (χ0v) is 22.7. The van der Waals surface area contributed by atoms with Crippen molar-refractivity contribution in [2.75, 3.05) is 60.3 Å². The van der Waals surface area contributed by atoms with E-state index >= 15 is 0 Å². The van der Waals surface area contributed by atoms with E-state index in [-0.39, 0.29) is 31.8 Å². The predicted molar refractivity (Wildman–Crippen MR) is 147 cm³/mol. The summed E-state index contributed by atoms with van der Waals surface area (Å²) in [4.78, 5) is 26.7. The van der Waals surface area contributed by atoms with Crippen molar-refractivity contribution in [2.24, 2.45) is 5.41 Å². The fourth-order valence-electron chi connectivity index (χ4n) is 5.54. The Hall–Kier alpha value is -3.01. The second-order valence-electron chi connectivity index (χ2n) is 11.2. The number of rotatable bonds is 8. The highest BCUT2D eigenvalue weighted by Crippen LogP contribution is 2.54. The van der Waals surface area contributed by atoms with Gasteiger partial charge in [0.1, 0.15) is 5.82 Å². The fourth-order valence-corrected chi connectivity index (χ4v) is 5.54. The summed E-state index contributed by atoms with van der Waals surface area (Å²) in [6.07, 6.45) is 5.55. The van der Waals surface area contributed by atoms with E-state index in [0.29, 0.717) is 28.4 Å². The number of carbonyl (C=O) groups excluding carboxylic acids is 1. The highest BCUT2D eigenvalue weighted by Gasteiger charge is 2.44. The third-order valence-corrected chi connectivity index (χ3v) is 8.11. The Morgan fingerprint density at radius 1 is 1.00 bits per heavy atom. The number of alkyl halides is 2. The molecule has 2 aliphatic heterocycles. The van der Waals surface area contributed by atoms with Crippen molar-refractivity contribution in [3.63, 3.8) is 0 Å². The summed E-state index contributed by atoms with van der Waals surface area (Å²) in [5, 5.41) is 5.01. The number of amides is 1. The van der Waals surface area contributed by atoms with Gasteiger partial charge in [-0.3, -0.25) is 4.79 Å². The number of hydrogen-bond acceptors (Lipinski definition) is 7. The molecule has 1 aromatic carbocycles. The standard InChI is InChI=1S/C28H39F2N7O/c1-4-13-35(3)34-21-5-6-22(23(19-21)36-14-9-27(7-8-27)10-15-36)25(38)32-24-18-20(2)31-26(33-24)37-16-11-28(29,30)12-17-37/h5-6,18-19,34H,4,7-17H2,1-3H3,(H,31,32,33,38). The third-order valence-electron chi connectivity index (χ3n) is 8.11. The Morgan fingerprint density at radius 3 is 2.34 bits per heavy atom. The normalized spacial score (nSPS) is 20.1. The van der Waals surface area contributed by atoms with E-state index < -0.39 is 5.92 Å². The van der Waals surface area contributed by atoms with Crippen LogP contribution in [0.2, 0.25) is 0 Å². The topological polar surface area (TPSA) is 76.6 Å². The van der Waals surface area contributed by atoms with E-state index in [2.05, 4.69) is 43.6 Å². The van der Waals surface area contributed by atoms with Gasteiger partial charge in [-0.2, -0.15) is 4.98 Å². The van der Waals surface area contributed by atoms with Gasteiger partial charge in [0.05, 0.1) is 16.9 Å². The first-order valence-corrected chi connectivity index (χ1v) is 13.8. The minimum Gasteiger partial charge on any atom is -0.371 e. The SMILES string of the molecule is CCCN(C)Nc1ccc(C(=O)Nc2cc(C)nc(N3CCC(F)(F)CC3)n2)c(N2CCC3(CC2)CC3)c1. The molecule has 2 aromatic rings. The van der Waals surface area contributed by atoms with Crippen LogP contribution < -0.4 is 20.5 Å². The van der Waals surface area contributed by atoms with E-state index in [4.69, 9.17) is 0 Å². The summed E-state index contributed by atoms with van der Waals surface area (Å²) in [5.41, 5.74) is 7.08. The van der Waals surface area contributed by atoms with Crippen LogP contribution in [0.25, 0.3) is 0 Å². The number of nitrogens with zero attached hydrogens (tertiary/aromatic N) is 5. The molecule has 3 heterocycles. The molecule has 1 amide bonds. The molecule has 0 unspecified atom stereocenters. The monoisotopic (exact) mass is 527 g/mol. The molecular formula is C28H39F2N7O. The number of halogens is 2. The van der Waals surface area contributed by atoms with Gasteiger partial charge in [0, 0.05) is 64.4 Å². The Balaban J connectivity index is 1.36. The molecule has 8 nitrogen and oxygen atoms in total. The molecule has 0 bridgehead atoms. The van der Waals surface area contributed by atoms with Crippen molar-refractivity contribution in [2.45, 2.75) is 64.7 Å². The second kappa shape index (κ2) is 10.6.